The molecule has 1 heterocycles. The first-order valence-corrected chi connectivity index (χ1v) is 10.3. The van der Waals surface area contributed by atoms with Gasteiger partial charge in [0.05, 0.1) is 12.2 Å². The van der Waals surface area contributed by atoms with Crippen LogP contribution in [-0.2, 0) is 9.59 Å². The molecule has 1 aliphatic heterocycles. The van der Waals surface area contributed by atoms with E-state index in [9.17, 15) is 9.59 Å². The van der Waals surface area contributed by atoms with Crippen molar-refractivity contribution in [3.05, 3.63) is 53.6 Å². The van der Waals surface area contributed by atoms with Crippen LogP contribution in [0, 0.1) is 5.92 Å². The maximum atomic E-state index is 12.6. The molecule has 2 aromatic rings. The van der Waals surface area contributed by atoms with E-state index in [1.54, 1.807) is 23.1 Å². The Morgan fingerprint density at radius 1 is 1.00 bits per heavy atom. The molecule has 0 radical (unpaired) electrons. The molecule has 2 fully saturated rings. The fraction of sp³-hybridized carbons (Fsp3) is 0.364. The Kier molecular flexibility index (Phi) is 5.90. The lowest BCUT2D eigenvalue weighted by Gasteiger charge is -2.35. The molecule has 2 aliphatic rings. The zero-order valence-corrected chi connectivity index (χ0v) is 16.9. The number of para-hydroxylation sites is 1. The summed E-state index contributed by atoms with van der Waals surface area (Å²) in [7, 11) is 0. The monoisotopic (exact) mass is 413 g/mol. The lowest BCUT2D eigenvalue weighted by Crippen LogP contribution is -2.52. The fourth-order valence-electron chi connectivity index (χ4n) is 3.39. The predicted octanol–water partition coefficient (Wildman–Crippen LogP) is 3.63. The van der Waals surface area contributed by atoms with Crippen molar-refractivity contribution >= 4 is 29.1 Å². The number of hydrogen-bond acceptors (Lipinski definition) is 4. The van der Waals surface area contributed by atoms with Gasteiger partial charge in [-0.05, 0) is 43.2 Å². The zero-order chi connectivity index (χ0) is 20.2. The van der Waals surface area contributed by atoms with Gasteiger partial charge in [0.15, 0.2) is 5.75 Å². The third-order valence-corrected chi connectivity index (χ3v) is 5.45. The standard InChI is InChI=1S/C22H24ClN3O3/c23-17-8-9-20(29-18-4-2-1-3-5-18)19(14-17)24-15-21(27)25-10-12-26(13-11-25)22(28)16-6-7-16/h1-5,8-9,14,16,24H,6-7,10-13,15H2. The number of benzene rings is 2. The van der Waals surface area contributed by atoms with Crippen molar-refractivity contribution in [2.45, 2.75) is 12.8 Å². The maximum Gasteiger partial charge on any atom is 0.241 e. The zero-order valence-electron chi connectivity index (χ0n) is 16.1. The molecule has 6 nitrogen and oxygen atoms in total. The molecule has 152 valence electrons. The molecule has 7 heteroatoms. The SMILES string of the molecule is O=C(CNc1cc(Cl)ccc1Oc1ccccc1)N1CCN(C(=O)C2CC2)CC1. The quantitative estimate of drug-likeness (QED) is 0.785. The van der Waals surface area contributed by atoms with Gasteiger partial charge in [-0.1, -0.05) is 29.8 Å². The minimum atomic E-state index is -0.00541. The van der Waals surface area contributed by atoms with Crippen LogP contribution in [-0.4, -0.2) is 54.3 Å². The van der Waals surface area contributed by atoms with E-state index in [1.165, 1.54) is 0 Å². The molecule has 2 amide bonds. The normalized spacial score (nSPS) is 16.4. The molecule has 4 rings (SSSR count). The van der Waals surface area contributed by atoms with Gasteiger partial charge in [-0.15, -0.1) is 0 Å². The number of amides is 2. The molecular weight excluding hydrogens is 390 g/mol. The summed E-state index contributed by atoms with van der Waals surface area (Å²) >= 11 is 6.13. The molecule has 0 aromatic heterocycles. The van der Waals surface area contributed by atoms with E-state index in [0.717, 1.165) is 12.8 Å². The van der Waals surface area contributed by atoms with Gasteiger partial charge < -0.3 is 19.9 Å². The molecule has 29 heavy (non-hydrogen) atoms. The number of rotatable bonds is 6. The van der Waals surface area contributed by atoms with Crippen LogP contribution < -0.4 is 10.1 Å². The largest absolute Gasteiger partial charge is 0.455 e. The summed E-state index contributed by atoms with van der Waals surface area (Å²) < 4.78 is 5.92. The van der Waals surface area contributed by atoms with Gasteiger partial charge in [0.2, 0.25) is 11.8 Å². The Balaban J connectivity index is 1.33. The van der Waals surface area contributed by atoms with Gasteiger partial charge in [-0.25, -0.2) is 0 Å². The average molecular weight is 414 g/mol. The van der Waals surface area contributed by atoms with Gasteiger partial charge in [0.25, 0.3) is 0 Å². The summed E-state index contributed by atoms with van der Waals surface area (Å²) in [5.41, 5.74) is 0.664. The van der Waals surface area contributed by atoms with Gasteiger partial charge >= 0.3 is 0 Å². The van der Waals surface area contributed by atoms with Crippen molar-refractivity contribution in [3.8, 4) is 11.5 Å². The molecule has 2 aromatic carbocycles. The van der Waals surface area contributed by atoms with E-state index in [1.807, 2.05) is 35.2 Å². The van der Waals surface area contributed by atoms with Gasteiger partial charge in [0.1, 0.15) is 5.75 Å². The number of nitrogens with one attached hydrogen (secondary N) is 1. The molecule has 0 bridgehead atoms. The summed E-state index contributed by atoms with van der Waals surface area (Å²) in [6.45, 7) is 2.51. The van der Waals surface area contributed by atoms with Crippen LogP contribution in [0.2, 0.25) is 5.02 Å². The highest BCUT2D eigenvalue weighted by molar-refractivity contribution is 6.30. The molecule has 1 saturated heterocycles. The lowest BCUT2D eigenvalue weighted by atomic mass is 10.2. The highest BCUT2D eigenvalue weighted by Gasteiger charge is 2.35. The molecule has 0 spiro atoms. The smallest absolute Gasteiger partial charge is 0.241 e. The predicted molar refractivity (Wildman–Crippen MR) is 112 cm³/mol. The number of carbonyl (C=O) groups is 2. The maximum absolute atomic E-state index is 12.6. The number of halogens is 1. The number of anilines is 1. The lowest BCUT2D eigenvalue weighted by molar-refractivity contribution is -0.139. The van der Waals surface area contributed by atoms with Crippen molar-refractivity contribution in [1.29, 1.82) is 0 Å². The Morgan fingerprint density at radius 3 is 2.38 bits per heavy atom. The van der Waals surface area contributed by atoms with Crippen molar-refractivity contribution in [1.82, 2.24) is 9.80 Å². The minimum absolute atomic E-state index is 0.00541. The number of hydrogen-bond donors (Lipinski definition) is 1. The second-order valence-electron chi connectivity index (χ2n) is 7.39. The van der Waals surface area contributed by atoms with Crippen LogP contribution in [0.4, 0.5) is 5.69 Å². The van der Waals surface area contributed by atoms with Crippen LogP contribution >= 0.6 is 11.6 Å². The van der Waals surface area contributed by atoms with Crippen LogP contribution in [0.5, 0.6) is 11.5 Å². The van der Waals surface area contributed by atoms with Crippen molar-refractivity contribution in [2.24, 2.45) is 5.92 Å². The highest BCUT2D eigenvalue weighted by atomic mass is 35.5. The molecule has 1 N–H and O–H groups in total. The second kappa shape index (κ2) is 8.74. The number of piperazine rings is 1. The Labute approximate surface area is 175 Å². The summed E-state index contributed by atoms with van der Waals surface area (Å²) in [6, 6.07) is 14.7. The molecule has 0 atom stereocenters. The second-order valence-corrected chi connectivity index (χ2v) is 7.83. The van der Waals surface area contributed by atoms with E-state index in [0.29, 0.717) is 48.4 Å². The van der Waals surface area contributed by atoms with Crippen molar-refractivity contribution < 1.29 is 14.3 Å². The fourth-order valence-corrected chi connectivity index (χ4v) is 3.56. The van der Waals surface area contributed by atoms with E-state index in [2.05, 4.69) is 5.32 Å². The molecule has 1 aliphatic carbocycles. The highest BCUT2D eigenvalue weighted by Crippen LogP contribution is 2.32. The van der Waals surface area contributed by atoms with Crippen LogP contribution in [0.1, 0.15) is 12.8 Å². The number of ether oxygens (including phenoxy) is 1. The molecular formula is C22H24ClN3O3. The first kappa shape index (κ1) is 19.6. The van der Waals surface area contributed by atoms with E-state index in [4.69, 9.17) is 16.3 Å². The van der Waals surface area contributed by atoms with Gasteiger partial charge in [-0.2, -0.15) is 0 Å². The summed E-state index contributed by atoms with van der Waals surface area (Å²) in [5.74, 6) is 1.78. The Hall–Kier alpha value is -2.73. The summed E-state index contributed by atoms with van der Waals surface area (Å²) in [6.07, 6.45) is 2.02. The molecule has 0 unspecified atom stereocenters. The van der Waals surface area contributed by atoms with E-state index in [-0.39, 0.29) is 24.3 Å². The van der Waals surface area contributed by atoms with Gasteiger partial charge in [0, 0.05) is 37.1 Å². The Bertz CT molecular complexity index is 878. The summed E-state index contributed by atoms with van der Waals surface area (Å²) in [5, 5.41) is 3.71. The minimum Gasteiger partial charge on any atom is -0.455 e. The van der Waals surface area contributed by atoms with Crippen LogP contribution in [0.25, 0.3) is 0 Å². The average Bonchev–Trinajstić information content (AvgIpc) is 3.59. The Morgan fingerprint density at radius 2 is 1.69 bits per heavy atom. The van der Waals surface area contributed by atoms with Crippen molar-refractivity contribution in [2.75, 3.05) is 38.0 Å². The topological polar surface area (TPSA) is 61.9 Å². The third kappa shape index (κ3) is 5.01. The molecule has 1 saturated carbocycles. The first-order chi connectivity index (χ1) is 14.1. The number of nitrogens with zero attached hydrogens (tertiary/aromatic N) is 2. The van der Waals surface area contributed by atoms with Gasteiger partial charge in [-0.3, -0.25) is 9.59 Å². The number of carbonyl (C=O) groups excluding carboxylic acids is 2. The van der Waals surface area contributed by atoms with E-state index >= 15 is 0 Å². The van der Waals surface area contributed by atoms with E-state index < -0.39 is 0 Å². The first-order valence-electron chi connectivity index (χ1n) is 9.93. The van der Waals surface area contributed by atoms with Crippen LogP contribution in [0.15, 0.2) is 48.5 Å². The third-order valence-electron chi connectivity index (χ3n) is 5.21. The summed E-state index contributed by atoms with van der Waals surface area (Å²) in [4.78, 5) is 28.5. The van der Waals surface area contributed by atoms with Crippen molar-refractivity contribution in [3.63, 3.8) is 0 Å². The van der Waals surface area contributed by atoms with Crippen LogP contribution in [0.3, 0.4) is 0 Å².